The highest BCUT2D eigenvalue weighted by Gasteiger charge is 2.09. The van der Waals surface area contributed by atoms with E-state index < -0.39 is 0 Å². The average Bonchev–Trinajstić information content (AvgIpc) is 2.95. The predicted molar refractivity (Wildman–Crippen MR) is 68.4 cm³/mol. The molecule has 0 aliphatic heterocycles. The van der Waals surface area contributed by atoms with Gasteiger partial charge in [-0.1, -0.05) is 0 Å². The van der Waals surface area contributed by atoms with Crippen LogP contribution in [0.4, 0.5) is 4.39 Å². The molecule has 2 heterocycles. The first-order valence-electron chi connectivity index (χ1n) is 5.56. The zero-order valence-electron chi connectivity index (χ0n) is 9.94. The van der Waals surface area contributed by atoms with Crippen LogP contribution in [0.25, 0.3) is 5.95 Å². The van der Waals surface area contributed by atoms with Gasteiger partial charge in [-0.3, -0.25) is 0 Å². The summed E-state index contributed by atoms with van der Waals surface area (Å²) in [6.07, 6.45) is 3.24. The maximum absolute atomic E-state index is 12.8. The number of hydrogen-bond acceptors (Lipinski definition) is 5. The molecule has 0 saturated carbocycles. The van der Waals surface area contributed by atoms with Crippen molar-refractivity contribution in [1.82, 2.24) is 24.7 Å². The summed E-state index contributed by atoms with van der Waals surface area (Å²) in [7, 11) is 0. The fraction of sp³-hybridized carbons (Fsp3) is 0. The van der Waals surface area contributed by atoms with Crippen molar-refractivity contribution < 1.29 is 9.13 Å². The average molecular weight is 292 g/mol. The SMILES string of the molecule is Fc1ccc(Oc2nc(Cl)nc(-n3cccn3)n2)cc1. The summed E-state index contributed by atoms with van der Waals surface area (Å²) in [6, 6.07) is 7.18. The fourth-order valence-corrected chi connectivity index (χ4v) is 1.61. The van der Waals surface area contributed by atoms with E-state index in [2.05, 4.69) is 20.1 Å². The lowest BCUT2D eigenvalue weighted by Crippen LogP contribution is -2.05. The molecule has 0 aliphatic carbocycles. The van der Waals surface area contributed by atoms with Crippen molar-refractivity contribution in [1.29, 1.82) is 0 Å². The van der Waals surface area contributed by atoms with Crippen LogP contribution in [0.3, 0.4) is 0 Å². The van der Waals surface area contributed by atoms with Crippen LogP contribution >= 0.6 is 11.6 Å². The van der Waals surface area contributed by atoms with Crippen molar-refractivity contribution in [3.8, 4) is 17.7 Å². The Balaban J connectivity index is 1.92. The van der Waals surface area contributed by atoms with Crippen molar-refractivity contribution in [2.45, 2.75) is 0 Å². The van der Waals surface area contributed by atoms with Crippen LogP contribution in [-0.2, 0) is 0 Å². The molecule has 0 saturated heterocycles. The second-order valence-electron chi connectivity index (χ2n) is 3.69. The maximum Gasteiger partial charge on any atom is 0.328 e. The summed E-state index contributed by atoms with van der Waals surface area (Å²) in [5, 5.41) is 3.96. The molecule has 3 aromatic rings. The van der Waals surface area contributed by atoms with Crippen LogP contribution in [0.1, 0.15) is 0 Å². The number of rotatable bonds is 3. The third kappa shape index (κ3) is 2.72. The third-order valence-corrected chi connectivity index (χ3v) is 2.48. The van der Waals surface area contributed by atoms with E-state index in [9.17, 15) is 4.39 Å². The van der Waals surface area contributed by atoms with Gasteiger partial charge in [-0.25, -0.2) is 9.07 Å². The molecule has 6 nitrogen and oxygen atoms in total. The van der Waals surface area contributed by atoms with Gasteiger partial charge in [-0.2, -0.15) is 20.1 Å². The van der Waals surface area contributed by atoms with Gasteiger partial charge in [0.25, 0.3) is 5.95 Å². The van der Waals surface area contributed by atoms with E-state index in [-0.39, 0.29) is 23.1 Å². The van der Waals surface area contributed by atoms with E-state index in [4.69, 9.17) is 16.3 Å². The zero-order chi connectivity index (χ0) is 13.9. The van der Waals surface area contributed by atoms with Gasteiger partial charge in [0.1, 0.15) is 11.6 Å². The number of aromatic nitrogens is 5. The molecule has 1 aromatic carbocycles. The Morgan fingerprint density at radius 2 is 1.90 bits per heavy atom. The Morgan fingerprint density at radius 1 is 1.10 bits per heavy atom. The van der Waals surface area contributed by atoms with Crippen molar-refractivity contribution in [2.75, 3.05) is 0 Å². The topological polar surface area (TPSA) is 65.7 Å². The van der Waals surface area contributed by atoms with E-state index in [0.717, 1.165) is 0 Å². The molecule has 0 unspecified atom stereocenters. The molecule has 0 atom stereocenters. The quantitative estimate of drug-likeness (QED) is 0.742. The van der Waals surface area contributed by atoms with E-state index in [1.54, 1.807) is 18.5 Å². The van der Waals surface area contributed by atoms with Crippen molar-refractivity contribution in [3.05, 3.63) is 53.8 Å². The van der Waals surface area contributed by atoms with Gasteiger partial charge in [0, 0.05) is 12.4 Å². The lowest BCUT2D eigenvalue weighted by atomic mass is 10.3. The van der Waals surface area contributed by atoms with Gasteiger partial charge in [-0.05, 0) is 41.9 Å². The molecular formula is C12H7ClFN5O. The monoisotopic (exact) mass is 291 g/mol. The first kappa shape index (κ1) is 12.5. The van der Waals surface area contributed by atoms with Crippen LogP contribution in [0.2, 0.25) is 5.28 Å². The molecule has 0 fully saturated rings. The van der Waals surface area contributed by atoms with E-state index in [1.165, 1.54) is 28.9 Å². The first-order chi connectivity index (χ1) is 9.70. The third-order valence-electron chi connectivity index (χ3n) is 2.31. The molecule has 2 aromatic heterocycles. The Labute approximate surface area is 117 Å². The first-order valence-corrected chi connectivity index (χ1v) is 5.93. The second-order valence-corrected chi connectivity index (χ2v) is 4.03. The lowest BCUT2D eigenvalue weighted by molar-refractivity contribution is 0.436. The van der Waals surface area contributed by atoms with Crippen LogP contribution in [0, 0.1) is 5.82 Å². The highest BCUT2D eigenvalue weighted by atomic mass is 35.5. The summed E-state index contributed by atoms with van der Waals surface area (Å²) in [6.45, 7) is 0. The van der Waals surface area contributed by atoms with Crippen molar-refractivity contribution in [3.63, 3.8) is 0 Å². The molecule has 100 valence electrons. The highest BCUT2D eigenvalue weighted by molar-refractivity contribution is 6.28. The Morgan fingerprint density at radius 3 is 2.60 bits per heavy atom. The number of hydrogen-bond donors (Lipinski definition) is 0. The van der Waals surface area contributed by atoms with Crippen LogP contribution in [0.15, 0.2) is 42.7 Å². The minimum Gasteiger partial charge on any atom is -0.424 e. The molecule has 0 spiro atoms. The largest absolute Gasteiger partial charge is 0.424 e. The summed E-state index contributed by atoms with van der Waals surface area (Å²) < 4.78 is 19.6. The Hall–Kier alpha value is -2.54. The maximum atomic E-state index is 12.8. The van der Waals surface area contributed by atoms with E-state index >= 15 is 0 Å². The number of halogens is 2. The minimum absolute atomic E-state index is 0.00195. The Bertz CT molecular complexity index is 717. The summed E-state index contributed by atoms with van der Waals surface area (Å²) in [5.74, 6) is 0.260. The number of nitrogens with zero attached hydrogens (tertiary/aromatic N) is 5. The Kier molecular flexibility index (Phi) is 3.26. The number of benzene rings is 1. The molecule has 0 bridgehead atoms. The van der Waals surface area contributed by atoms with Gasteiger partial charge in [0.05, 0.1) is 0 Å². The molecular weight excluding hydrogens is 285 g/mol. The molecule has 20 heavy (non-hydrogen) atoms. The van der Waals surface area contributed by atoms with Gasteiger partial charge in [0.2, 0.25) is 5.28 Å². The fourth-order valence-electron chi connectivity index (χ4n) is 1.47. The molecule has 0 radical (unpaired) electrons. The minimum atomic E-state index is -0.358. The van der Waals surface area contributed by atoms with Gasteiger partial charge in [0.15, 0.2) is 0 Å². The van der Waals surface area contributed by atoms with Crippen LogP contribution < -0.4 is 4.74 Å². The lowest BCUT2D eigenvalue weighted by Gasteiger charge is -2.05. The standard InChI is InChI=1S/C12H7ClFN5O/c13-10-16-11(19-7-1-6-15-19)18-12(17-10)20-9-4-2-8(14)3-5-9/h1-7H. The summed E-state index contributed by atoms with van der Waals surface area (Å²) in [5.41, 5.74) is 0. The van der Waals surface area contributed by atoms with Gasteiger partial charge in [-0.15, -0.1) is 0 Å². The van der Waals surface area contributed by atoms with Gasteiger partial charge >= 0.3 is 6.01 Å². The van der Waals surface area contributed by atoms with E-state index in [1.807, 2.05) is 0 Å². The van der Waals surface area contributed by atoms with Gasteiger partial charge < -0.3 is 4.74 Å². The predicted octanol–water partition coefficient (Wildman–Crippen LogP) is 2.64. The molecule has 3 rings (SSSR count). The smallest absolute Gasteiger partial charge is 0.328 e. The second kappa shape index (κ2) is 5.22. The molecule has 8 heteroatoms. The van der Waals surface area contributed by atoms with Crippen molar-refractivity contribution in [2.24, 2.45) is 0 Å². The molecule has 0 N–H and O–H groups in total. The van der Waals surface area contributed by atoms with Crippen molar-refractivity contribution >= 4 is 11.6 Å². The van der Waals surface area contributed by atoms with Crippen LogP contribution in [0.5, 0.6) is 11.8 Å². The van der Waals surface area contributed by atoms with E-state index in [0.29, 0.717) is 5.75 Å². The number of ether oxygens (including phenoxy) is 1. The van der Waals surface area contributed by atoms with Crippen LogP contribution in [-0.4, -0.2) is 24.7 Å². The summed E-state index contributed by atoms with van der Waals surface area (Å²) in [4.78, 5) is 11.9. The normalized spacial score (nSPS) is 10.5. The molecule has 0 amide bonds. The zero-order valence-corrected chi connectivity index (χ0v) is 10.7. The highest BCUT2D eigenvalue weighted by Crippen LogP contribution is 2.19. The summed E-state index contributed by atoms with van der Waals surface area (Å²) >= 11 is 5.82. The molecule has 0 aliphatic rings.